The van der Waals surface area contributed by atoms with Gasteiger partial charge in [0.05, 0.1) is 12.7 Å². The van der Waals surface area contributed by atoms with Crippen molar-refractivity contribution in [2.45, 2.75) is 30.4 Å². The molecule has 1 aromatic carbocycles. The maximum Gasteiger partial charge on any atom is 0.191 e. The molecule has 1 aliphatic heterocycles. The zero-order valence-electron chi connectivity index (χ0n) is 14.5. The van der Waals surface area contributed by atoms with E-state index in [4.69, 9.17) is 21.2 Å². The third kappa shape index (κ3) is 5.07. The van der Waals surface area contributed by atoms with Gasteiger partial charge in [-0.05, 0) is 25.5 Å². The van der Waals surface area contributed by atoms with E-state index in [0.717, 1.165) is 31.1 Å². The molecule has 0 amide bonds. The maximum atomic E-state index is 6.01. The smallest absolute Gasteiger partial charge is 0.191 e. The highest BCUT2D eigenvalue weighted by molar-refractivity contribution is 7.98. The molecule has 1 fully saturated rings. The molecule has 1 saturated heterocycles. The monoisotopic (exact) mass is 359 g/mol. The fourth-order valence-corrected chi connectivity index (χ4v) is 3.59. The summed E-state index contributed by atoms with van der Waals surface area (Å²) in [7, 11) is 0. The van der Waals surface area contributed by atoms with Crippen LogP contribution in [-0.2, 0) is 10.5 Å². The van der Waals surface area contributed by atoms with Gasteiger partial charge in [0.25, 0.3) is 0 Å². The molecule has 25 heavy (non-hydrogen) atoms. The molecule has 6 nitrogen and oxygen atoms in total. The summed E-state index contributed by atoms with van der Waals surface area (Å²) in [5, 5.41) is 0.706. The van der Waals surface area contributed by atoms with E-state index in [1.165, 1.54) is 11.1 Å². The first kappa shape index (κ1) is 18.0. The molecule has 2 heterocycles. The Hall–Kier alpha value is -1.83. The van der Waals surface area contributed by atoms with Gasteiger partial charge in [0.2, 0.25) is 0 Å². The second kappa shape index (κ2) is 8.51. The standard InChI is InChI=1S/C18H25N5OS/c1-13-2-4-14(5-3-13)12-25-18-21-16(20)10-17(22-18)23-8-9-24-15(11-23)6-7-19/h2-5,10,15H,6-9,11-12,19H2,1H3,(H2,20,21,22)/t15-/m0/s1. The van der Waals surface area contributed by atoms with Crippen molar-refractivity contribution in [2.75, 3.05) is 36.9 Å². The Bertz CT molecular complexity index is 692. The van der Waals surface area contributed by atoms with Crippen LogP contribution in [0.1, 0.15) is 17.5 Å². The van der Waals surface area contributed by atoms with Crippen LogP contribution in [-0.4, -0.2) is 42.3 Å². The minimum Gasteiger partial charge on any atom is -0.383 e. The predicted octanol–water partition coefficient (Wildman–Crippen LogP) is 2.21. The van der Waals surface area contributed by atoms with E-state index in [0.29, 0.717) is 24.1 Å². The molecule has 1 aromatic heterocycles. The molecule has 0 spiro atoms. The van der Waals surface area contributed by atoms with Crippen LogP contribution in [0.2, 0.25) is 0 Å². The number of aromatic nitrogens is 2. The number of morpholine rings is 1. The number of nitrogen functional groups attached to an aromatic ring is 1. The molecule has 7 heteroatoms. The number of hydrogen-bond acceptors (Lipinski definition) is 7. The van der Waals surface area contributed by atoms with Crippen molar-refractivity contribution in [3.63, 3.8) is 0 Å². The number of rotatable bonds is 6. The van der Waals surface area contributed by atoms with Gasteiger partial charge >= 0.3 is 0 Å². The highest BCUT2D eigenvalue weighted by atomic mass is 32.2. The molecule has 4 N–H and O–H groups in total. The number of nitrogens with zero attached hydrogens (tertiary/aromatic N) is 3. The average molecular weight is 359 g/mol. The van der Waals surface area contributed by atoms with Crippen LogP contribution >= 0.6 is 11.8 Å². The number of thioether (sulfide) groups is 1. The summed E-state index contributed by atoms with van der Waals surface area (Å²) in [6.45, 7) is 4.99. The highest BCUT2D eigenvalue weighted by Gasteiger charge is 2.21. The van der Waals surface area contributed by atoms with Crippen molar-refractivity contribution in [1.82, 2.24) is 9.97 Å². The predicted molar refractivity (Wildman–Crippen MR) is 103 cm³/mol. The Balaban J connectivity index is 1.68. The molecule has 1 atom stereocenters. The highest BCUT2D eigenvalue weighted by Crippen LogP contribution is 2.25. The van der Waals surface area contributed by atoms with Gasteiger partial charge in [-0.2, -0.15) is 0 Å². The van der Waals surface area contributed by atoms with Crippen molar-refractivity contribution in [3.8, 4) is 0 Å². The topological polar surface area (TPSA) is 90.3 Å². The molecule has 0 unspecified atom stereocenters. The molecule has 134 valence electrons. The number of benzene rings is 1. The number of hydrogen-bond donors (Lipinski definition) is 2. The summed E-state index contributed by atoms with van der Waals surface area (Å²) >= 11 is 1.60. The Morgan fingerprint density at radius 1 is 1.28 bits per heavy atom. The molecule has 0 bridgehead atoms. The lowest BCUT2D eigenvalue weighted by molar-refractivity contribution is 0.0366. The van der Waals surface area contributed by atoms with Gasteiger partial charge in [-0.25, -0.2) is 9.97 Å². The van der Waals surface area contributed by atoms with Gasteiger partial charge < -0.3 is 21.1 Å². The summed E-state index contributed by atoms with van der Waals surface area (Å²) < 4.78 is 5.74. The lowest BCUT2D eigenvalue weighted by atomic mass is 10.2. The van der Waals surface area contributed by atoms with Gasteiger partial charge in [0.1, 0.15) is 11.6 Å². The van der Waals surface area contributed by atoms with E-state index in [1.807, 2.05) is 6.07 Å². The van der Waals surface area contributed by atoms with E-state index in [9.17, 15) is 0 Å². The maximum absolute atomic E-state index is 6.01. The lowest BCUT2D eigenvalue weighted by Crippen LogP contribution is -2.43. The summed E-state index contributed by atoms with van der Waals surface area (Å²) in [5.74, 6) is 2.18. The zero-order valence-corrected chi connectivity index (χ0v) is 15.3. The lowest BCUT2D eigenvalue weighted by Gasteiger charge is -2.33. The fourth-order valence-electron chi connectivity index (χ4n) is 2.78. The van der Waals surface area contributed by atoms with E-state index in [-0.39, 0.29) is 6.10 Å². The second-order valence-electron chi connectivity index (χ2n) is 6.22. The van der Waals surface area contributed by atoms with Crippen molar-refractivity contribution in [1.29, 1.82) is 0 Å². The van der Waals surface area contributed by atoms with Crippen molar-refractivity contribution >= 4 is 23.4 Å². The normalized spacial score (nSPS) is 17.7. The third-order valence-electron chi connectivity index (χ3n) is 4.15. The molecule has 0 saturated carbocycles. The average Bonchev–Trinajstić information content (AvgIpc) is 2.61. The van der Waals surface area contributed by atoms with Crippen molar-refractivity contribution in [2.24, 2.45) is 5.73 Å². The van der Waals surface area contributed by atoms with E-state index < -0.39 is 0 Å². The van der Waals surface area contributed by atoms with Crippen LogP contribution in [0.4, 0.5) is 11.6 Å². The largest absolute Gasteiger partial charge is 0.383 e. The molecular weight excluding hydrogens is 334 g/mol. The summed E-state index contributed by atoms with van der Waals surface area (Å²) in [6, 6.07) is 10.3. The Kier molecular flexibility index (Phi) is 6.12. The van der Waals surface area contributed by atoms with Crippen molar-refractivity contribution in [3.05, 3.63) is 41.5 Å². The van der Waals surface area contributed by atoms with Gasteiger partial charge in [-0.3, -0.25) is 0 Å². The van der Waals surface area contributed by atoms with E-state index in [1.54, 1.807) is 11.8 Å². The number of ether oxygens (including phenoxy) is 1. The number of aryl methyl sites for hydroxylation is 1. The molecule has 1 aliphatic rings. The molecule has 2 aromatic rings. The first-order valence-corrected chi connectivity index (χ1v) is 9.52. The van der Waals surface area contributed by atoms with E-state index in [2.05, 4.69) is 41.1 Å². The first-order chi connectivity index (χ1) is 12.1. The summed E-state index contributed by atoms with van der Waals surface area (Å²) in [4.78, 5) is 11.3. The van der Waals surface area contributed by atoms with Gasteiger partial charge in [0.15, 0.2) is 5.16 Å². The Morgan fingerprint density at radius 2 is 2.08 bits per heavy atom. The minimum absolute atomic E-state index is 0.151. The van der Waals surface area contributed by atoms with Gasteiger partial charge in [-0.1, -0.05) is 41.6 Å². The van der Waals surface area contributed by atoms with Crippen LogP contribution in [0.15, 0.2) is 35.5 Å². The number of nitrogens with two attached hydrogens (primary N) is 2. The molecule has 0 radical (unpaired) electrons. The minimum atomic E-state index is 0.151. The molecule has 3 rings (SSSR count). The fraction of sp³-hybridized carbons (Fsp3) is 0.444. The van der Waals surface area contributed by atoms with E-state index >= 15 is 0 Å². The number of anilines is 2. The van der Waals surface area contributed by atoms with Crippen LogP contribution in [0, 0.1) is 6.92 Å². The second-order valence-corrected chi connectivity index (χ2v) is 7.17. The Morgan fingerprint density at radius 3 is 2.84 bits per heavy atom. The summed E-state index contributed by atoms with van der Waals surface area (Å²) in [5.41, 5.74) is 14.2. The summed E-state index contributed by atoms with van der Waals surface area (Å²) in [6.07, 6.45) is 1.00. The molecular formula is C18H25N5OS. The van der Waals surface area contributed by atoms with Crippen molar-refractivity contribution < 1.29 is 4.74 Å². The Labute approximate surface area is 153 Å². The van der Waals surface area contributed by atoms with Crippen LogP contribution in [0.3, 0.4) is 0 Å². The molecule has 0 aliphatic carbocycles. The van der Waals surface area contributed by atoms with Crippen LogP contribution in [0.5, 0.6) is 0 Å². The quantitative estimate of drug-likeness (QED) is 0.603. The zero-order chi connectivity index (χ0) is 17.6. The first-order valence-electron chi connectivity index (χ1n) is 8.53. The SMILES string of the molecule is Cc1ccc(CSc2nc(N)cc(N3CCO[C@@H](CCN)C3)n2)cc1. The van der Waals surface area contributed by atoms with Gasteiger partial charge in [0, 0.05) is 24.9 Å². The van der Waals surface area contributed by atoms with Crippen LogP contribution < -0.4 is 16.4 Å². The third-order valence-corrected chi connectivity index (χ3v) is 5.07. The van der Waals surface area contributed by atoms with Gasteiger partial charge in [-0.15, -0.1) is 0 Å². The van der Waals surface area contributed by atoms with Crippen LogP contribution in [0.25, 0.3) is 0 Å².